The molecular formula is C9H16N4O2. The molecule has 3 N–H and O–H groups in total. The largest absolute Gasteiger partial charge is 0.383 e. The van der Waals surface area contributed by atoms with Crippen LogP contribution in [0.2, 0.25) is 0 Å². The number of ether oxygens (including phenoxy) is 1. The summed E-state index contributed by atoms with van der Waals surface area (Å²) in [6, 6.07) is -0.506. The quantitative estimate of drug-likeness (QED) is 0.604. The molecule has 0 aliphatic heterocycles. The first-order chi connectivity index (χ1) is 7.15. The van der Waals surface area contributed by atoms with Crippen molar-refractivity contribution in [2.75, 3.05) is 20.3 Å². The first-order valence-corrected chi connectivity index (χ1v) is 4.65. The van der Waals surface area contributed by atoms with Crippen molar-refractivity contribution in [1.29, 1.82) is 0 Å². The topological polar surface area (TPSA) is 82.2 Å². The molecule has 0 radical (unpaired) electrons. The number of carbonyl (C=O) groups excluding carboxylic acids is 1. The average Bonchev–Trinajstić information content (AvgIpc) is 2.59. The normalized spacial score (nSPS) is 12.7. The van der Waals surface area contributed by atoms with Crippen LogP contribution in [0.15, 0.2) is 12.4 Å². The molecule has 6 heteroatoms. The summed E-state index contributed by atoms with van der Waals surface area (Å²) in [5.74, 6) is -0.417. The van der Waals surface area contributed by atoms with Gasteiger partial charge in [0, 0.05) is 32.5 Å². The number of hydrogen-bond donors (Lipinski definition) is 2. The Bertz CT molecular complexity index is 324. The Labute approximate surface area is 88.4 Å². The summed E-state index contributed by atoms with van der Waals surface area (Å²) in [7, 11) is 3.39. The molecule has 0 aliphatic carbocycles. The average molecular weight is 212 g/mol. The van der Waals surface area contributed by atoms with Gasteiger partial charge in [-0.3, -0.25) is 14.8 Å². The zero-order valence-corrected chi connectivity index (χ0v) is 8.93. The smallest absolute Gasteiger partial charge is 0.239 e. The number of amides is 1. The van der Waals surface area contributed by atoms with E-state index in [1.165, 1.54) is 0 Å². The number of methoxy groups -OCH3 is 1. The Balaban J connectivity index is 2.62. The van der Waals surface area contributed by atoms with E-state index < -0.39 is 11.9 Å². The lowest BCUT2D eigenvalue weighted by atomic mass is 10.1. The Hall–Kier alpha value is -1.40. The van der Waals surface area contributed by atoms with Crippen molar-refractivity contribution in [1.82, 2.24) is 15.1 Å². The van der Waals surface area contributed by atoms with Gasteiger partial charge in [0.25, 0.3) is 0 Å². The minimum absolute atomic E-state index is 0.417. The van der Waals surface area contributed by atoms with Crippen molar-refractivity contribution in [2.45, 2.75) is 6.04 Å². The van der Waals surface area contributed by atoms with E-state index in [-0.39, 0.29) is 0 Å². The SMILES string of the molecule is COCCNC(C(N)=O)c1cnn(C)c1. The monoisotopic (exact) mass is 212 g/mol. The Morgan fingerprint density at radius 2 is 2.53 bits per heavy atom. The summed E-state index contributed by atoms with van der Waals surface area (Å²) in [6.07, 6.45) is 3.38. The van der Waals surface area contributed by atoms with E-state index in [0.717, 1.165) is 5.56 Å². The summed E-state index contributed by atoms with van der Waals surface area (Å²) >= 11 is 0. The molecular weight excluding hydrogens is 196 g/mol. The first-order valence-electron chi connectivity index (χ1n) is 4.65. The summed E-state index contributed by atoms with van der Waals surface area (Å²) in [5.41, 5.74) is 6.05. The van der Waals surface area contributed by atoms with E-state index in [1.54, 1.807) is 31.2 Å². The molecule has 84 valence electrons. The second-order valence-electron chi connectivity index (χ2n) is 3.23. The number of rotatable bonds is 6. The molecule has 1 aromatic rings. The number of nitrogens with zero attached hydrogens (tertiary/aromatic N) is 2. The van der Waals surface area contributed by atoms with Crippen LogP contribution in [0.5, 0.6) is 0 Å². The highest BCUT2D eigenvalue weighted by Crippen LogP contribution is 2.10. The molecule has 6 nitrogen and oxygen atoms in total. The Morgan fingerprint density at radius 3 is 3.00 bits per heavy atom. The third-order valence-electron chi connectivity index (χ3n) is 2.00. The number of hydrogen-bond acceptors (Lipinski definition) is 4. The van der Waals surface area contributed by atoms with Gasteiger partial charge in [-0.15, -0.1) is 0 Å². The lowest BCUT2D eigenvalue weighted by Crippen LogP contribution is -2.35. The highest BCUT2D eigenvalue weighted by Gasteiger charge is 2.18. The van der Waals surface area contributed by atoms with E-state index >= 15 is 0 Å². The molecule has 1 unspecified atom stereocenters. The van der Waals surface area contributed by atoms with Gasteiger partial charge in [0.1, 0.15) is 6.04 Å². The van der Waals surface area contributed by atoms with Crippen molar-refractivity contribution >= 4 is 5.91 Å². The fourth-order valence-corrected chi connectivity index (χ4v) is 1.28. The van der Waals surface area contributed by atoms with Crippen LogP contribution in [-0.2, 0) is 16.6 Å². The number of aromatic nitrogens is 2. The van der Waals surface area contributed by atoms with E-state index in [1.807, 2.05) is 0 Å². The molecule has 0 saturated carbocycles. The van der Waals surface area contributed by atoms with Gasteiger partial charge in [0.15, 0.2) is 0 Å². The summed E-state index contributed by atoms with van der Waals surface area (Å²) in [5, 5.41) is 6.98. The predicted octanol–water partition coefficient (Wildman–Crippen LogP) is -0.817. The summed E-state index contributed by atoms with van der Waals surface area (Å²) < 4.78 is 6.51. The minimum atomic E-state index is -0.506. The third-order valence-corrected chi connectivity index (χ3v) is 2.00. The first kappa shape index (κ1) is 11.7. The van der Waals surface area contributed by atoms with Crippen molar-refractivity contribution in [3.05, 3.63) is 18.0 Å². The van der Waals surface area contributed by atoms with Crippen LogP contribution in [0.25, 0.3) is 0 Å². The molecule has 1 atom stereocenters. The van der Waals surface area contributed by atoms with Gasteiger partial charge in [-0.1, -0.05) is 0 Å². The van der Waals surface area contributed by atoms with Crippen LogP contribution < -0.4 is 11.1 Å². The summed E-state index contributed by atoms with van der Waals surface area (Å²) in [4.78, 5) is 11.2. The standard InChI is InChI=1S/C9H16N4O2/c1-13-6-7(5-12-13)8(9(10)14)11-3-4-15-2/h5-6,8,11H,3-4H2,1-2H3,(H2,10,14). The lowest BCUT2D eigenvalue weighted by molar-refractivity contribution is -0.120. The van der Waals surface area contributed by atoms with Crippen LogP contribution in [0, 0.1) is 0 Å². The molecule has 0 bridgehead atoms. The third kappa shape index (κ3) is 3.34. The summed E-state index contributed by atoms with van der Waals surface area (Å²) in [6.45, 7) is 1.10. The van der Waals surface area contributed by atoms with Gasteiger partial charge in [-0.2, -0.15) is 5.10 Å². The van der Waals surface area contributed by atoms with Crippen LogP contribution in [0.4, 0.5) is 0 Å². The molecule has 0 spiro atoms. The maximum atomic E-state index is 11.2. The number of carbonyl (C=O) groups is 1. The predicted molar refractivity (Wildman–Crippen MR) is 55.0 cm³/mol. The molecule has 1 aromatic heterocycles. The second-order valence-corrected chi connectivity index (χ2v) is 3.23. The lowest BCUT2D eigenvalue weighted by Gasteiger charge is -2.12. The molecule has 0 aliphatic rings. The molecule has 0 saturated heterocycles. The van der Waals surface area contributed by atoms with Crippen LogP contribution in [-0.4, -0.2) is 35.9 Å². The van der Waals surface area contributed by atoms with Gasteiger partial charge >= 0.3 is 0 Å². The van der Waals surface area contributed by atoms with Crippen molar-refractivity contribution in [3.8, 4) is 0 Å². The second kappa shape index (κ2) is 5.47. The zero-order chi connectivity index (χ0) is 11.3. The van der Waals surface area contributed by atoms with Gasteiger partial charge in [-0.25, -0.2) is 0 Å². The van der Waals surface area contributed by atoms with Crippen LogP contribution in [0.1, 0.15) is 11.6 Å². The van der Waals surface area contributed by atoms with E-state index in [0.29, 0.717) is 13.2 Å². The maximum absolute atomic E-state index is 11.2. The Morgan fingerprint density at radius 1 is 1.80 bits per heavy atom. The molecule has 1 rings (SSSR count). The van der Waals surface area contributed by atoms with Crippen LogP contribution in [0.3, 0.4) is 0 Å². The molecule has 0 aromatic carbocycles. The number of nitrogens with one attached hydrogen (secondary N) is 1. The number of primary amides is 1. The fourth-order valence-electron chi connectivity index (χ4n) is 1.28. The van der Waals surface area contributed by atoms with Crippen molar-refractivity contribution in [3.63, 3.8) is 0 Å². The highest BCUT2D eigenvalue weighted by molar-refractivity contribution is 5.81. The van der Waals surface area contributed by atoms with Crippen molar-refractivity contribution < 1.29 is 9.53 Å². The Kier molecular flexibility index (Phi) is 4.26. The molecule has 15 heavy (non-hydrogen) atoms. The molecule has 1 heterocycles. The minimum Gasteiger partial charge on any atom is -0.383 e. The number of aryl methyl sites for hydroxylation is 1. The van der Waals surface area contributed by atoms with Gasteiger partial charge in [0.05, 0.1) is 12.8 Å². The van der Waals surface area contributed by atoms with Gasteiger partial charge in [-0.05, 0) is 0 Å². The van der Waals surface area contributed by atoms with E-state index in [2.05, 4.69) is 10.4 Å². The molecule has 1 amide bonds. The van der Waals surface area contributed by atoms with Crippen LogP contribution >= 0.6 is 0 Å². The van der Waals surface area contributed by atoms with E-state index in [4.69, 9.17) is 10.5 Å². The van der Waals surface area contributed by atoms with Crippen molar-refractivity contribution in [2.24, 2.45) is 12.8 Å². The maximum Gasteiger partial charge on any atom is 0.239 e. The van der Waals surface area contributed by atoms with Gasteiger partial charge in [0.2, 0.25) is 5.91 Å². The van der Waals surface area contributed by atoms with Gasteiger partial charge < -0.3 is 10.5 Å². The highest BCUT2D eigenvalue weighted by atomic mass is 16.5. The zero-order valence-electron chi connectivity index (χ0n) is 8.93. The fraction of sp³-hybridized carbons (Fsp3) is 0.556. The van der Waals surface area contributed by atoms with E-state index in [9.17, 15) is 4.79 Å². The molecule has 0 fully saturated rings. The number of nitrogens with two attached hydrogens (primary N) is 1.